The van der Waals surface area contributed by atoms with Crippen LogP contribution in [0.15, 0.2) is 36.4 Å². The summed E-state index contributed by atoms with van der Waals surface area (Å²) in [6, 6.07) is 2.71. The predicted molar refractivity (Wildman–Crippen MR) is 116 cm³/mol. The third kappa shape index (κ3) is 7.72. The molecule has 2 aliphatic rings. The van der Waals surface area contributed by atoms with E-state index >= 15 is 0 Å². The standard InChI is InChI=1S/C22H29F3N4O4/c23-22(24,25)15-3-5-16(6-4-15)27-21(32)28-18-8-7-17(33-19(18)14-30)13-20(31)26-9-12-29-10-1-2-11-29/h3-8,17-19,30H,1-2,9-14H2,(H,26,31)(H2,27,28,32)/t17-,18-,19-/m0/s1. The number of anilines is 1. The van der Waals surface area contributed by atoms with Crippen LogP contribution in [0.5, 0.6) is 0 Å². The van der Waals surface area contributed by atoms with Crippen molar-refractivity contribution in [1.82, 2.24) is 15.5 Å². The summed E-state index contributed by atoms with van der Waals surface area (Å²) in [5.41, 5.74) is -0.631. The number of ether oxygens (including phenoxy) is 1. The minimum atomic E-state index is -4.46. The molecule has 3 rings (SSSR count). The molecular formula is C22H29F3N4O4. The summed E-state index contributed by atoms with van der Waals surface area (Å²) in [6.45, 7) is 3.11. The number of hydrogen-bond donors (Lipinski definition) is 4. The molecule has 33 heavy (non-hydrogen) atoms. The Kier molecular flexibility index (Phi) is 8.70. The molecule has 0 bridgehead atoms. The van der Waals surface area contributed by atoms with E-state index in [1.165, 1.54) is 12.8 Å². The maximum atomic E-state index is 12.6. The van der Waals surface area contributed by atoms with Gasteiger partial charge in [0.05, 0.1) is 30.7 Å². The number of urea groups is 1. The molecule has 0 aliphatic carbocycles. The predicted octanol–water partition coefficient (Wildman–Crippen LogP) is 2.11. The monoisotopic (exact) mass is 470 g/mol. The van der Waals surface area contributed by atoms with Crippen molar-refractivity contribution in [2.45, 2.75) is 43.7 Å². The number of amides is 3. The molecular weight excluding hydrogens is 441 g/mol. The number of aliphatic hydroxyl groups excluding tert-OH is 1. The molecule has 0 radical (unpaired) electrons. The summed E-state index contributed by atoms with van der Waals surface area (Å²) in [7, 11) is 0. The Labute approximate surface area is 190 Å². The molecule has 0 spiro atoms. The highest BCUT2D eigenvalue weighted by Crippen LogP contribution is 2.29. The first-order valence-electron chi connectivity index (χ1n) is 10.9. The number of aliphatic hydroxyl groups is 1. The van der Waals surface area contributed by atoms with Gasteiger partial charge in [0.2, 0.25) is 5.91 Å². The lowest BCUT2D eigenvalue weighted by Crippen LogP contribution is -2.50. The zero-order valence-electron chi connectivity index (χ0n) is 18.1. The van der Waals surface area contributed by atoms with E-state index in [0.717, 1.165) is 43.9 Å². The molecule has 0 aromatic heterocycles. The molecule has 182 valence electrons. The normalized spacial score (nSPS) is 23.3. The van der Waals surface area contributed by atoms with E-state index in [1.807, 2.05) is 0 Å². The quantitative estimate of drug-likeness (QED) is 0.436. The topological polar surface area (TPSA) is 103 Å². The fourth-order valence-electron chi connectivity index (χ4n) is 3.81. The Morgan fingerprint density at radius 3 is 2.45 bits per heavy atom. The molecule has 0 saturated carbocycles. The van der Waals surface area contributed by atoms with Crippen molar-refractivity contribution in [3.05, 3.63) is 42.0 Å². The first kappa shape index (κ1) is 25.0. The number of hydrogen-bond acceptors (Lipinski definition) is 5. The van der Waals surface area contributed by atoms with Gasteiger partial charge in [-0.15, -0.1) is 0 Å². The van der Waals surface area contributed by atoms with Crippen molar-refractivity contribution < 1.29 is 32.6 Å². The van der Waals surface area contributed by atoms with Gasteiger partial charge < -0.3 is 30.7 Å². The molecule has 2 heterocycles. The van der Waals surface area contributed by atoms with E-state index in [2.05, 4.69) is 20.9 Å². The van der Waals surface area contributed by atoms with E-state index < -0.39 is 36.0 Å². The van der Waals surface area contributed by atoms with E-state index in [0.29, 0.717) is 6.54 Å². The molecule has 1 fully saturated rings. The van der Waals surface area contributed by atoms with Crippen LogP contribution in [-0.2, 0) is 15.7 Å². The number of nitrogens with one attached hydrogen (secondary N) is 3. The fourth-order valence-corrected chi connectivity index (χ4v) is 3.81. The number of rotatable bonds is 8. The number of carbonyl (C=O) groups is 2. The lowest BCUT2D eigenvalue weighted by molar-refractivity contribution is -0.137. The summed E-state index contributed by atoms with van der Waals surface area (Å²) in [6.07, 6.45) is -0.00343. The van der Waals surface area contributed by atoms with Crippen molar-refractivity contribution in [3.8, 4) is 0 Å². The van der Waals surface area contributed by atoms with Crippen LogP contribution in [0.1, 0.15) is 24.8 Å². The summed E-state index contributed by atoms with van der Waals surface area (Å²) in [5, 5.41) is 17.6. The Balaban J connectivity index is 1.44. The van der Waals surface area contributed by atoms with Gasteiger partial charge in [-0.1, -0.05) is 12.2 Å². The summed E-state index contributed by atoms with van der Waals surface area (Å²) >= 11 is 0. The molecule has 2 aliphatic heterocycles. The van der Waals surface area contributed by atoms with Gasteiger partial charge in [0.1, 0.15) is 6.10 Å². The van der Waals surface area contributed by atoms with Crippen molar-refractivity contribution in [2.75, 3.05) is 38.1 Å². The fraction of sp³-hybridized carbons (Fsp3) is 0.545. The number of benzene rings is 1. The minimum Gasteiger partial charge on any atom is -0.394 e. The minimum absolute atomic E-state index is 0.0947. The Morgan fingerprint density at radius 1 is 1.12 bits per heavy atom. The van der Waals surface area contributed by atoms with Crippen molar-refractivity contribution in [1.29, 1.82) is 0 Å². The maximum Gasteiger partial charge on any atom is 0.416 e. The highest BCUT2D eigenvalue weighted by Gasteiger charge is 2.31. The van der Waals surface area contributed by atoms with E-state index in [1.54, 1.807) is 12.2 Å². The van der Waals surface area contributed by atoms with E-state index in [9.17, 15) is 27.9 Å². The van der Waals surface area contributed by atoms with Gasteiger partial charge >= 0.3 is 12.2 Å². The number of alkyl halides is 3. The molecule has 1 aromatic rings. The molecule has 11 heteroatoms. The molecule has 0 unspecified atom stereocenters. The number of carbonyl (C=O) groups excluding carboxylic acids is 2. The Morgan fingerprint density at radius 2 is 1.82 bits per heavy atom. The zero-order chi connectivity index (χ0) is 23.8. The van der Waals surface area contributed by atoms with Crippen LogP contribution in [0.3, 0.4) is 0 Å². The number of halogens is 3. The van der Waals surface area contributed by atoms with Gasteiger partial charge in [-0.3, -0.25) is 4.79 Å². The van der Waals surface area contributed by atoms with Gasteiger partial charge in [0.15, 0.2) is 0 Å². The third-order valence-electron chi connectivity index (χ3n) is 5.57. The molecule has 8 nitrogen and oxygen atoms in total. The second-order valence-corrected chi connectivity index (χ2v) is 8.08. The molecule has 1 aromatic carbocycles. The van der Waals surface area contributed by atoms with Crippen molar-refractivity contribution in [3.63, 3.8) is 0 Å². The molecule has 3 atom stereocenters. The zero-order valence-corrected chi connectivity index (χ0v) is 18.1. The molecule has 4 N–H and O–H groups in total. The van der Waals surface area contributed by atoms with Crippen LogP contribution < -0.4 is 16.0 Å². The smallest absolute Gasteiger partial charge is 0.394 e. The second kappa shape index (κ2) is 11.5. The highest BCUT2D eigenvalue weighted by molar-refractivity contribution is 5.89. The number of likely N-dealkylation sites (tertiary alicyclic amines) is 1. The van der Waals surface area contributed by atoms with Gasteiger partial charge in [-0.25, -0.2) is 4.79 Å². The van der Waals surface area contributed by atoms with Crippen molar-refractivity contribution >= 4 is 17.6 Å². The van der Waals surface area contributed by atoms with Gasteiger partial charge in [-0.05, 0) is 50.2 Å². The SMILES string of the molecule is O=C(C[C@@H]1C=C[C@H](NC(=O)Nc2ccc(C(F)(F)F)cc2)[C@H](CO)O1)NCCN1CCCC1. The maximum absolute atomic E-state index is 12.6. The third-order valence-corrected chi connectivity index (χ3v) is 5.57. The summed E-state index contributed by atoms with van der Waals surface area (Å²) < 4.78 is 43.6. The largest absolute Gasteiger partial charge is 0.416 e. The van der Waals surface area contributed by atoms with Gasteiger partial charge in [0, 0.05) is 18.8 Å². The van der Waals surface area contributed by atoms with Crippen molar-refractivity contribution in [2.24, 2.45) is 0 Å². The summed E-state index contributed by atoms with van der Waals surface area (Å²) in [4.78, 5) is 26.7. The first-order valence-corrected chi connectivity index (χ1v) is 10.9. The van der Waals surface area contributed by atoms with Crippen LogP contribution in [-0.4, -0.2) is 73.0 Å². The van der Waals surface area contributed by atoms with E-state index in [-0.39, 0.29) is 24.6 Å². The summed E-state index contributed by atoms with van der Waals surface area (Å²) in [5.74, 6) is -0.160. The lowest BCUT2D eigenvalue weighted by atomic mass is 10.0. The van der Waals surface area contributed by atoms with E-state index in [4.69, 9.17) is 4.74 Å². The molecule has 3 amide bonds. The first-order chi connectivity index (χ1) is 15.7. The Hall–Kier alpha value is -2.63. The van der Waals surface area contributed by atoms with Crippen LogP contribution in [0.25, 0.3) is 0 Å². The van der Waals surface area contributed by atoms with Gasteiger partial charge in [-0.2, -0.15) is 13.2 Å². The second-order valence-electron chi connectivity index (χ2n) is 8.08. The van der Waals surface area contributed by atoms with Gasteiger partial charge in [0.25, 0.3) is 0 Å². The molecule has 1 saturated heterocycles. The van der Waals surface area contributed by atoms with Crippen LogP contribution >= 0.6 is 0 Å². The Bertz CT molecular complexity index is 826. The average molecular weight is 470 g/mol. The highest BCUT2D eigenvalue weighted by atomic mass is 19.4. The van der Waals surface area contributed by atoms with Crippen LogP contribution in [0.2, 0.25) is 0 Å². The number of nitrogens with zero attached hydrogens (tertiary/aromatic N) is 1. The van der Waals surface area contributed by atoms with Crippen LogP contribution in [0, 0.1) is 0 Å². The van der Waals surface area contributed by atoms with Crippen LogP contribution in [0.4, 0.5) is 23.7 Å². The average Bonchev–Trinajstić information content (AvgIpc) is 3.28. The lowest BCUT2D eigenvalue weighted by Gasteiger charge is -2.31.